The van der Waals surface area contributed by atoms with Crippen LogP contribution in [0.3, 0.4) is 0 Å². The highest BCUT2D eigenvalue weighted by atomic mass is 32.1. The minimum absolute atomic E-state index is 0.00497. The van der Waals surface area contributed by atoms with Crippen molar-refractivity contribution in [2.45, 2.75) is 51.1 Å². The Morgan fingerprint density at radius 3 is 2.81 bits per heavy atom. The number of rotatable bonds is 2. The van der Waals surface area contributed by atoms with Gasteiger partial charge in [-0.3, -0.25) is 14.6 Å². The maximum absolute atomic E-state index is 13.5. The number of likely N-dealkylation sites (tertiary alicyclic amines) is 2. The zero-order chi connectivity index (χ0) is 19.0. The topological polar surface area (TPSA) is 66.4 Å². The third kappa shape index (κ3) is 3.04. The molecule has 0 N–H and O–H groups in total. The number of thiazole rings is 1. The fourth-order valence-corrected chi connectivity index (χ4v) is 5.40. The zero-order valence-corrected chi connectivity index (χ0v) is 16.5. The first-order valence-corrected chi connectivity index (χ1v) is 10.3. The molecule has 0 bridgehead atoms. The van der Waals surface area contributed by atoms with Crippen molar-refractivity contribution in [1.29, 1.82) is 0 Å². The van der Waals surface area contributed by atoms with Crippen molar-refractivity contribution in [2.75, 3.05) is 13.1 Å². The molecule has 27 heavy (non-hydrogen) atoms. The van der Waals surface area contributed by atoms with Crippen LogP contribution in [0.4, 0.5) is 0 Å². The number of nitrogens with zero attached hydrogens (tertiary/aromatic N) is 4. The molecule has 7 heteroatoms. The van der Waals surface area contributed by atoms with Gasteiger partial charge in [-0.05, 0) is 44.7 Å². The van der Waals surface area contributed by atoms with Crippen molar-refractivity contribution in [2.24, 2.45) is 0 Å². The highest BCUT2D eigenvalue weighted by Gasteiger charge is 2.49. The Balaban J connectivity index is 1.70. The molecule has 2 aromatic rings. The monoisotopic (exact) mass is 384 g/mol. The van der Waals surface area contributed by atoms with Gasteiger partial charge in [0.1, 0.15) is 10.7 Å². The quantitative estimate of drug-likeness (QED) is 0.797. The van der Waals surface area contributed by atoms with Crippen molar-refractivity contribution in [3.63, 3.8) is 0 Å². The second-order valence-electron chi connectivity index (χ2n) is 7.52. The number of hydrogen-bond donors (Lipinski definition) is 0. The van der Waals surface area contributed by atoms with Crippen LogP contribution < -0.4 is 0 Å². The van der Waals surface area contributed by atoms with Gasteiger partial charge in [-0.25, -0.2) is 4.98 Å². The van der Waals surface area contributed by atoms with Gasteiger partial charge in [0.25, 0.3) is 5.91 Å². The van der Waals surface area contributed by atoms with Crippen LogP contribution in [0.5, 0.6) is 0 Å². The van der Waals surface area contributed by atoms with Crippen molar-refractivity contribution in [1.82, 2.24) is 19.8 Å². The van der Waals surface area contributed by atoms with E-state index in [0.29, 0.717) is 11.3 Å². The number of hydrogen-bond acceptors (Lipinski definition) is 5. The number of piperidine rings is 2. The van der Waals surface area contributed by atoms with Gasteiger partial charge in [0.15, 0.2) is 0 Å². The number of carbonyl (C=O) groups is 2. The van der Waals surface area contributed by atoms with E-state index in [0.717, 1.165) is 43.8 Å². The van der Waals surface area contributed by atoms with Crippen molar-refractivity contribution < 1.29 is 9.59 Å². The van der Waals surface area contributed by atoms with Crippen molar-refractivity contribution >= 4 is 23.2 Å². The standard InChI is InChI=1S/C20H24N4O2S/c1-14(25)24-12-4-7-16-20(24,2)8-5-11-23(16)19(26)15-6-3-9-21-17(15)18-22-10-13-27-18/h3,6,9-10,13,16H,4-5,7-8,11-12H2,1-2H3/t16-,20-/m0/s1. The van der Waals surface area contributed by atoms with Gasteiger partial charge in [-0.15, -0.1) is 11.3 Å². The Bertz CT molecular complexity index is 853. The van der Waals surface area contributed by atoms with Crippen LogP contribution in [-0.2, 0) is 4.79 Å². The fraction of sp³-hybridized carbons (Fsp3) is 0.500. The van der Waals surface area contributed by atoms with Crippen LogP contribution in [0.2, 0.25) is 0 Å². The Kier molecular flexibility index (Phi) is 4.72. The van der Waals surface area contributed by atoms with E-state index in [1.165, 1.54) is 11.3 Å². The summed E-state index contributed by atoms with van der Waals surface area (Å²) in [6.07, 6.45) is 7.12. The normalized spacial score (nSPS) is 25.2. The predicted octanol–water partition coefficient (Wildman–Crippen LogP) is 3.21. The largest absolute Gasteiger partial charge is 0.335 e. The second kappa shape index (κ2) is 7.03. The molecule has 2 aliphatic heterocycles. The smallest absolute Gasteiger partial charge is 0.256 e. The van der Waals surface area contributed by atoms with Gasteiger partial charge in [0.2, 0.25) is 5.91 Å². The average Bonchev–Trinajstić information content (AvgIpc) is 3.20. The van der Waals surface area contributed by atoms with Crippen molar-refractivity contribution in [3.05, 3.63) is 35.5 Å². The summed E-state index contributed by atoms with van der Waals surface area (Å²) in [4.78, 5) is 38.5. The summed E-state index contributed by atoms with van der Waals surface area (Å²) in [5.41, 5.74) is 0.947. The molecule has 4 rings (SSSR count). The average molecular weight is 385 g/mol. The molecule has 2 saturated heterocycles. The first-order chi connectivity index (χ1) is 13.0. The van der Waals surface area contributed by atoms with E-state index in [4.69, 9.17) is 0 Å². The lowest BCUT2D eigenvalue weighted by molar-refractivity contribution is -0.143. The van der Waals surface area contributed by atoms with Crippen LogP contribution >= 0.6 is 11.3 Å². The molecule has 0 aliphatic carbocycles. The summed E-state index contributed by atoms with van der Waals surface area (Å²) in [7, 11) is 0. The van der Waals surface area contributed by atoms with Gasteiger partial charge in [-0.1, -0.05) is 0 Å². The SMILES string of the molecule is CC(=O)N1CCC[C@@H]2N(C(=O)c3cccnc3-c3nccs3)CCC[C@@]21C. The molecule has 0 unspecified atom stereocenters. The van der Waals surface area contributed by atoms with E-state index >= 15 is 0 Å². The van der Waals surface area contributed by atoms with Gasteiger partial charge in [0, 0.05) is 37.8 Å². The van der Waals surface area contributed by atoms with Crippen LogP contribution in [0.25, 0.3) is 10.7 Å². The van der Waals surface area contributed by atoms with E-state index in [1.54, 1.807) is 25.4 Å². The van der Waals surface area contributed by atoms with E-state index in [2.05, 4.69) is 16.9 Å². The van der Waals surface area contributed by atoms with Crippen LogP contribution in [0.1, 0.15) is 49.9 Å². The maximum Gasteiger partial charge on any atom is 0.256 e. The molecule has 4 heterocycles. The lowest BCUT2D eigenvalue weighted by atomic mass is 9.75. The van der Waals surface area contributed by atoms with Gasteiger partial charge < -0.3 is 9.80 Å². The molecule has 2 fully saturated rings. The lowest BCUT2D eigenvalue weighted by Gasteiger charge is -2.56. The Labute approximate surface area is 163 Å². The molecule has 142 valence electrons. The summed E-state index contributed by atoms with van der Waals surface area (Å²) in [6, 6.07) is 3.68. The van der Waals surface area contributed by atoms with Gasteiger partial charge in [-0.2, -0.15) is 0 Å². The second-order valence-corrected chi connectivity index (χ2v) is 8.42. The molecule has 2 amide bonds. The molecule has 0 saturated carbocycles. The van der Waals surface area contributed by atoms with Crippen LogP contribution in [-0.4, -0.2) is 56.3 Å². The maximum atomic E-state index is 13.5. The van der Waals surface area contributed by atoms with E-state index in [9.17, 15) is 9.59 Å². The number of aromatic nitrogens is 2. The summed E-state index contributed by atoms with van der Waals surface area (Å²) in [5.74, 6) is 0.0935. The number of amides is 2. The summed E-state index contributed by atoms with van der Waals surface area (Å²) in [6.45, 7) is 5.28. The van der Waals surface area contributed by atoms with E-state index < -0.39 is 0 Å². The molecule has 6 nitrogen and oxygen atoms in total. The molecule has 2 aliphatic rings. The number of fused-ring (bicyclic) bond motifs is 1. The zero-order valence-electron chi connectivity index (χ0n) is 15.7. The molecule has 2 atom stereocenters. The Morgan fingerprint density at radius 2 is 2.07 bits per heavy atom. The molecular weight excluding hydrogens is 360 g/mol. The summed E-state index contributed by atoms with van der Waals surface area (Å²) in [5, 5.41) is 2.65. The highest BCUT2D eigenvalue weighted by Crippen LogP contribution is 2.40. The first kappa shape index (κ1) is 18.1. The first-order valence-electron chi connectivity index (χ1n) is 9.46. The van der Waals surface area contributed by atoms with Gasteiger partial charge >= 0.3 is 0 Å². The van der Waals surface area contributed by atoms with Crippen molar-refractivity contribution in [3.8, 4) is 10.7 Å². The summed E-state index contributed by atoms with van der Waals surface area (Å²) >= 11 is 1.48. The third-order valence-electron chi connectivity index (χ3n) is 5.97. The molecule has 0 spiro atoms. The Morgan fingerprint density at radius 1 is 1.22 bits per heavy atom. The van der Waals surface area contributed by atoms with Crippen LogP contribution in [0, 0.1) is 0 Å². The number of carbonyl (C=O) groups excluding carboxylic acids is 2. The number of pyridine rings is 1. The minimum Gasteiger partial charge on any atom is -0.335 e. The van der Waals surface area contributed by atoms with Crippen LogP contribution in [0.15, 0.2) is 29.9 Å². The molecular formula is C20H24N4O2S. The molecule has 0 aromatic carbocycles. The molecule has 0 radical (unpaired) electrons. The highest BCUT2D eigenvalue weighted by molar-refractivity contribution is 7.13. The predicted molar refractivity (Wildman–Crippen MR) is 104 cm³/mol. The minimum atomic E-state index is -0.290. The van der Waals surface area contributed by atoms with E-state index in [-0.39, 0.29) is 23.4 Å². The third-order valence-corrected chi connectivity index (χ3v) is 6.75. The van der Waals surface area contributed by atoms with E-state index in [1.807, 2.05) is 21.2 Å². The fourth-order valence-electron chi connectivity index (χ4n) is 4.75. The summed E-state index contributed by atoms with van der Waals surface area (Å²) < 4.78 is 0. The Hall–Kier alpha value is -2.28. The molecule has 2 aromatic heterocycles. The lowest BCUT2D eigenvalue weighted by Crippen LogP contribution is -2.68. The van der Waals surface area contributed by atoms with Gasteiger partial charge in [0.05, 0.1) is 17.1 Å².